The van der Waals surface area contributed by atoms with Crippen LogP contribution in [0.25, 0.3) is 0 Å². The summed E-state index contributed by atoms with van der Waals surface area (Å²) in [6, 6.07) is 0. The highest BCUT2D eigenvalue weighted by Crippen LogP contribution is 1.80. The second kappa shape index (κ2) is 3.59. The number of halogens is 1. The van der Waals surface area contributed by atoms with Crippen LogP contribution in [0, 0.1) is 0 Å². The predicted octanol–water partition coefficient (Wildman–Crippen LogP) is 0.0549. The minimum Gasteiger partial charge on any atom is -0.478 e. The first-order valence-corrected chi connectivity index (χ1v) is 1.90. The second-order valence-corrected chi connectivity index (χ2v) is 1.07. The van der Waals surface area contributed by atoms with Crippen molar-refractivity contribution in [1.29, 1.82) is 0 Å². The van der Waals surface area contributed by atoms with Crippen molar-refractivity contribution in [2.45, 2.75) is 0 Å². The van der Waals surface area contributed by atoms with E-state index in [4.69, 9.17) is 5.11 Å². The first-order valence-electron chi connectivity index (χ1n) is 1.90. The Morgan fingerprint density at radius 1 is 1.44 bits per heavy atom. The van der Waals surface area contributed by atoms with Gasteiger partial charge in [0.1, 0.15) is 0 Å². The average molecular weight is 134 g/mol. The Bertz CT molecular complexity index is 151. The third kappa shape index (κ3) is 4.46. The van der Waals surface area contributed by atoms with E-state index in [0.717, 1.165) is 0 Å². The van der Waals surface area contributed by atoms with E-state index in [9.17, 15) is 14.1 Å². The largest absolute Gasteiger partial charge is 0.478 e. The van der Waals surface area contributed by atoms with E-state index in [2.05, 4.69) is 4.94 Å². The maximum absolute atomic E-state index is 10.7. The molecule has 9 heavy (non-hydrogen) atoms. The molecule has 0 amide bonds. The third-order valence-corrected chi connectivity index (χ3v) is 0.438. The smallest absolute Gasteiger partial charge is 0.372 e. The van der Waals surface area contributed by atoms with Gasteiger partial charge >= 0.3 is 11.9 Å². The highest BCUT2D eigenvalue weighted by Gasteiger charge is 1.95. The molecule has 0 aromatic rings. The predicted molar refractivity (Wildman–Crippen MR) is 24.0 cm³/mol. The van der Waals surface area contributed by atoms with Crippen molar-refractivity contribution in [1.82, 2.24) is 0 Å². The molecule has 0 unspecified atom stereocenters. The first-order chi connectivity index (χ1) is 4.16. The van der Waals surface area contributed by atoms with Crippen LogP contribution in [-0.2, 0) is 14.5 Å². The van der Waals surface area contributed by atoms with Gasteiger partial charge in [0.2, 0.25) is 0 Å². The number of carbonyl (C=O) groups is 2. The van der Waals surface area contributed by atoms with E-state index in [1.54, 1.807) is 0 Å². The van der Waals surface area contributed by atoms with Gasteiger partial charge in [-0.3, -0.25) is 4.94 Å². The maximum atomic E-state index is 10.7. The molecule has 50 valence electrons. The topological polar surface area (TPSA) is 63.6 Å². The lowest BCUT2D eigenvalue weighted by molar-refractivity contribution is -0.176. The summed E-state index contributed by atoms with van der Waals surface area (Å²) in [5, 5.41) is 7.84. The van der Waals surface area contributed by atoms with Gasteiger partial charge in [0.25, 0.3) is 0 Å². The van der Waals surface area contributed by atoms with Gasteiger partial charge in [-0.2, -0.15) is 0 Å². The Labute approximate surface area is 49.4 Å². The lowest BCUT2D eigenvalue weighted by Gasteiger charge is -1.79. The molecule has 0 saturated heterocycles. The molecule has 0 aliphatic heterocycles. The number of rotatable bonds is 2. The minimum absolute atomic E-state index is 0.461. The molecular formula is C4H3FO4. The van der Waals surface area contributed by atoms with Gasteiger partial charge < -0.3 is 5.11 Å². The van der Waals surface area contributed by atoms with E-state index in [-0.39, 0.29) is 0 Å². The van der Waals surface area contributed by atoms with Crippen LogP contribution in [0.5, 0.6) is 0 Å². The molecule has 4 nitrogen and oxygen atoms in total. The summed E-state index contributed by atoms with van der Waals surface area (Å²) < 4.78 is 10.7. The molecular weight excluding hydrogens is 131 g/mol. The van der Waals surface area contributed by atoms with E-state index in [1.807, 2.05) is 0 Å². The van der Waals surface area contributed by atoms with Crippen molar-refractivity contribution < 1.29 is 24.2 Å². The summed E-state index contributed by atoms with van der Waals surface area (Å²) in [5.41, 5.74) is 0. The lowest BCUT2D eigenvalue weighted by atomic mass is 10.5. The second-order valence-electron chi connectivity index (χ2n) is 1.07. The lowest BCUT2D eigenvalue weighted by Crippen LogP contribution is -1.94. The Hall–Kier alpha value is -1.39. The Morgan fingerprint density at radius 2 is 2.00 bits per heavy atom. The molecule has 5 heteroatoms. The molecule has 0 bridgehead atoms. The molecule has 0 fully saturated rings. The van der Waals surface area contributed by atoms with Crippen molar-refractivity contribution in [3.63, 3.8) is 0 Å². The average Bonchev–Trinajstić information content (AvgIpc) is 1.83. The van der Waals surface area contributed by atoms with Gasteiger partial charge in [0.05, 0.1) is 0 Å². The van der Waals surface area contributed by atoms with Crippen molar-refractivity contribution >= 4 is 11.9 Å². The van der Waals surface area contributed by atoms with E-state index < -0.39 is 11.9 Å². The molecule has 0 aromatic heterocycles. The van der Waals surface area contributed by atoms with Gasteiger partial charge in [-0.05, 0) is 0 Å². The van der Waals surface area contributed by atoms with Crippen LogP contribution in [-0.4, -0.2) is 17.0 Å². The molecule has 0 atom stereocenters. The molecule has 0 aliphatic carbocycles. The van der Waals surface area contributed by atoms with Crippen molar-refractivity contribution in [2.75, 3.05) is 0 Å². The van der Waals surface area contributed by atoms with Crippen LogP contribution in [0.4, 0.5) is 4.53 Å². The summed E-state index contributed by atoms with van der Waals surface area (Å²) in [6.45, 7) is 0. The minimum atomic E-state index is -1.34. The Kier molecular flexibility index (Phi) is 3.04. The number of carbonyl (C=O) groups excluding carboxylic acids is 1. The fourth-order valence-electron chi connectivity index (χ4n) is 0.165. The molecule has 0 rings (SSSR count). The van der Waals surface area contributed by atoms with Gasteiger partial charge in [0.15, 0.2) is 0 Å². The highest BCUT2D eigenvalue weighted by atomic mass is 19.3. The van der Waals surface area contributed by atoms with Crippen molar-refractivity contribution in [2.24, 2.45) is 0 Å². The Morgan fingerprint density at radius 3 is 2.33 bits per heavy atom. The normalized spacial score (nSPS) is 9.44. The maximum Gasteiger partial charge on any atom is 0.372 e. The number of aliphatic carboxylic acids is 1. The van der Waals surface area contributed by atoms with Crippen LogP contribution in [0.1, 0.15) is 0 Å². The van der Waals surface area contributed by atoms with Gasteiger partial charge in [-0.25, -0.2) is 9.59 Å². The standard InChI is InChI=1S/C4H3FO4/c5-9-4(8)2-1-3(6)7/h1-2H,(H,6,7). The first kappa shape index (κ1) is 7.61. The van der Waals surface area contributed by atoms with Crippen LogP contribution >= 0.6 is 0 Å². The van der Waals surface area contributed by atoms with Crippen LogP contribution in [0.2, 0.25) is 0 Å². The highest BCUT2D eigenvalue weighted by molar-refractivity contribution is 5.90. The molecule has 0 spiro atoms. The molecule has 0 saturated carbocycles. The summed E-state index contributed by atoms with van der Waals surface area (Å²) in [7, 11) is 0. The van der Waals surface area contributed by atoms with Crippen LogP contribution in [0.3, 0.4) is 0 Å². The molecule has 0 radical (unpaired) electrons. The molecule has 0 aliphatic rings. The molecule has 0 aromatic carbocycles. The fourth-order valence-corrected chi connectivity index (χ4v) is 0.165. The fraction of sp³-hybridized carbons (Fsp3) is 0. The zero-order chi connectivity index (χ0) is 7.28. The van der Waals surface area contributed by atoms with E-state index in [1.165, 1.54) is 0 Å². The zero-order valence-electron chi connectivity index (χ0n) is 4.20. The number of hydrogen-bond donors (Lipinski definition) is 1. The SMILES string of the molecule is O=C(O)C=CC(=O)OF. The van der Waals surface area contributed by atoms with Crippen LogP contribution in [0.15, 0.2) is 12.2 Å². The number of carboxylic acid groups (broad SMARTS) is 1. The number of hydrogen-bond acceptors (Lipinski definition) is 3. The van der Waals surface area contributed by atoms with E-state index >= 15 is 0 Å². The zero-order valence-corrected chi connectivity index (χ0v) is 4.20. The van der Waals surface area contributed by atoms with Crippen LogP contribution < -0.4 is 0 Å². The van der Waals surface area contributed by atoms with E-state index in [0.29, 0.717) is 12.2 Å². The summed E-state index contributed by atoms with van der Waals surface area (Å²) in [5.74, 6) is -2.67. The molecule has 0 heterocycles. The van der Waals surface area contributed by atoms with Crippen molar-refractivity contribution in [3.8, 4) is 0 Å². The monoisotopic (exact) mass is 134 g/mol. The summed E-state index contributed by atoms with van der Waals surface area (Å²) in [4.78, 5) is 22.0. The third-order valence-electron chi connectivity index (χ3n) is 0.438. The van der Waals surface area contributed by atoms with Crippen molar-refractivity contribution in [3.05, 3.63) is 12.2 Å². The van der Waals surface area contributed by atoms with Gasteiger partial charge in [0, 0.05) is 16.7 Å². The number of carboxylic acids is 1. The Balaban J connectivity index is 3.71. The summed E-state index contributed by atoms with van der Waals surface area (Å²) in [6.07, 6.45) is 0.935. The quantitative estimate of drug-likeness (QED) is 0.542. The van der Waals surface area contributed by atoms with Gasteiger partial charge in [-0.15, -0.1) is 0 Å². The van der Waals surface area contributed by atoms with Gasteiger partial charge in [-0.1, -0.05) is 0 Å². The summed E-state index contributed by atoms with van der Waals surface area (Å²) >= 11 is 0. The molecule has 1 N–H and O–H groups in total.